The Morgan fingerprint density at radius 3 is 2.70 bits per heavy atom. The van der Waals surface area contributed by atoms with E-state index in [0.717, 1.165) is 12.8 Å². The number of hydrogen-bond donors (Lipinski definition) is 0. The van der Waals surface area contributed by atoms with Crippen molar-refractivity contribution >= 4 is 38.4 Å². The lowest BCUT2D eigenvalue weighted by molar-refractivity contribution is 1.06. The second kappa shape index (κ2) is 6.05. The van der Waals surface area contributed by atoms with Gasteiger partial charge in [0, 0.05) is 23.0 Å². The SMILES string of the molecule is CN(c1ccc(C2=CC=CCC2)s1)c1cccc2ccccc12. The van der Waals surface area contributed by atoms with Crippen molar-refractivity contribution in [1.29, 1.82) is 0 Å². The molecule has 3 aromatic rings. The highest BCUT2D eigenvalue weighted by atomic mass is 32.1. The van der Waals surface area contributed by atoms with E-state index in [2.05, 4.69) is 84.8 Å². The van der Waals surface area contributed by atoms with Crippen molar-refractivity contribution in [2.45, 2.75) is 12.8 Å². The van der Waals surface area contributed by atoms with Gasteiger partial charge < -0.3 is 4.90 Å². The summed E-state index contributed by atoms with van der Waals surface area (Å²) in [5.74, 6) is 0. The molecule has 2 heteroatoms. The molecule has 1 aliphatic carbocycles. The first kappa shape index (κ1) is 14.3. The fourth-order valence-corrected chi connectivity index (χ4v) is 4.14. The summed E-state index contributed by atoms with van der Waals surface area (Å²) in [6.45, 7) is 0. The monoisotopic (exact) mass is 317 g/mol. The summed E-state index contributed by atoms with van der Waals surface area (Å²) in [5.41, 5.74) is 2.71. The fraction of sp³-hybridized carbons (Fsp3) is 0.143. The molecule has 0 atom stereocenters. The quantitative estimate of drug-likeness (QED) is 0.540. The third kappa shape index (κ3) is 2.71. The summed E-state index contributed by atoms with van der Waals surface area (Å²) < 4.78 is 0. The molecule has 0 bridgehead atoms. The molecule has 4 rings (SSSR count). The molecule has 1 aliphatic rings. The molecule has 1 aromatic heterocycles. The minimum absolute atomic E-state index is 1.15. The molecule has 114 valence electrons. The number of nitrogens with zero attached hydrogens (tertiary/aromatic N) is 1. The third-order valence-corrected chi connectivity index (χ3v) is 5.62. The molecular weight excluding hydrogens is 298 g/mol. The van der Waals surface area contributed by atoms with Crippen LogP contribution in [-0.4, -0.2) is 7.05 Å². The van der Waals surface area contributed by atoms with Crippen LogP contribution in [0.1, 0.15) is 17.7 Å². The van der Waals surface area contributed by atoms with Crippen molar-refractivity contribution < 1.29 is 0 Å². The minimum Gasteiger partial charge on any atom is -0.336 e. The van der Waals surface area contributed by atoms with E-state index in [4.69, 9.17) is 0 Å². The van der Waals surface area contributed by atoms with Gasteiger partial charge in [0.1, 0.15) is 0 Å². The Hall–Kier alpha value is -2.32. The van der Waals surface area contributed by atoms with Crippen LogP contribution < -0.4 is 4.90 Å². The van der Waals surface area contributed by atoms with Gasteiger partial charge in [-0.2, -0.15) is 0 Å². The molecule has 23 heavy (non-hydrogen) atoms. The largest absolute Gasteiger partial charge is 0.336 e. The van der Waals surface area contributed by atoms with E-state index in [1.807, 2.05) is 11.3 Å². The number of anilines is 2. The number of hydrogen-bond acceptors (Lipinski definition) is 2. The highest BCUT2D eigenvalue weighted by molar-refractivity contribution is 7.17. The molecule has 0 N–H and O–H groups in total. The first-order valence-electron chi connectivity index (χ1n) is 8.00. The van der Waals surface area contributed by atoms with Crippen LogP contribution in [0.2, 0.25) is 0 Å². The van der Waals surface area contributed by atoms with Gasteiger partial charge in [-0.15, -0.1) is 11.3 Å². The number of allylic oxidation sites excluding steroid dienone is 4. The van der Waals surface area contributed by atoms with E-state index in [1.54, 1.807) is 0 Å². The second-order valence-electron chi connectivity index (χ2n) is 5.85. The minimum atomic E-state index is 1.15. The van der Waals surface area contributed by atoms with Gasteiger partial charge in [-0.1, -0.05) is 54.6 Å². The van der Waals surface area contributed by atoms with Gasteiger partial charge in [-0.25, -0.2) is 0 Å². The molecule has 2 aromatic carbocycles. The van der Waals surface area contributed by atoms with Gasteiger partial charge in [-0.3, -0.25) is 0 Å². The van der Waals surface area contributed by atoms with Gasteiger partial charge in [0.25, 0.3) is 0 Å². The molecule has 0 fully saturated rings. The van der Waals surface area contributed by atoms with Crippen LogP contribution >= 0.6 is 11.3 Å². The topological polar surface area (TPSA) is 3.24 Å². The molecule has 0 spiro atoms. The molecule has 0 aliphatic heterocycles. The first-order chi connectivity index (χ1) is 11.3. The number of fused-ring (bicyclic) bond motifs is 1. The lowest BCUT2D eigenvalue weighted by atomic mass is 10.0. The maximum Gasteiger partial charge on any atom is 0.0956 e. The van der Waals surface area contributed by atoms with Gasteiger partial charge >= 0.3 is 0 Å². The molecule has 0 amide bonds. The average Bonchev–Trinajstić information content (AvgIpc) is 3.11. The molecule has 0 radical (unpaired) electrons. The zero-order chi connectivity index (χ0) is 15.6. The van der Waals surface area contributed by atoms with E-state index >= 15 is 0 Å². The smallest absolute Gasteiger partial charge is 0.0956 e. The standard InChI is InChI=1S/C21H19NS/c1-22(19-13-7-11-16-8-5-6-12-18(16)19)21-15-14-20(23-21)17-9-3-2-4-10-17/h2-3,5-9,11-15H,4,10H2,1H3. The lowest BCUT2D eigenvalue weighted by Gasteiger charge is -2.19. The Morgan fingerprint density at radius 2 is 1.83 bits per heavy atom. The van der Waals surface area contributed by atoms with Crippen molar-refractivity contribution in [3.05, 3.63) is 77.7 Å². The Morgan fingerprint density at radius 1 is 0.957 bits per heavy atom. The molecule has 1 heterocycles. The van der Waals surface area contributed by atoms with Crippen molar-refractivity contribution in [3.63, 3.8) is 0 Å². The van der Waals surface area contributed by atoms with Gasteiger partial charge in [0.2, 0.25) is 0 Å². The van der Waals surface area contributed by atoms with E-state index < -0.39 is 0 Å². The van der Waals surface area contributed by atoms with Crippen LogP contribution in [0.15, 0.2) is 72.8 Å². The summed E-state index contributed by atoms with van der Waals surface area (Å²) in [6, 6.07) is 19.6. The maximum atomic E-state index is 2.30. The Bertz CT molecular complexity index is 896. The maximum absolute atomic E-state index is 2.30. The second-order valence-corrected chi connectivity index (χ2v) is 6.92. The predicted octanol–water partition coefficient (Wildman–Crippen LogP) is 6.40. The van der Waals surface area contributed by atoms with Crippen molar-refractivity contribution in [1.82, 2.24) is 0 Å². The Labute approximate surface area is 141 Å². The van der Waals surface area contributed by atoms with Crippen LogP contribution in [0.5, 0.6) is 0 Å². The van der Waals surface area contributed by atoms with Crippen LogP contribution in [0.4, 0.5) is 10.7 Å². The Balaban J connectivity index is 1.71. The van der Waals surface area contributed by atoms with E-state index in [0.29, 0.717) is 0 Å². The van der Waals surface area contributed by atoms with Crippen LogP contribution in [0.3, 0.4) is 0 Å². The number of benzene rings is 2. The molecule has 1 nitrogen and oxygen atoms in total. The molecule has 0 saturated heterocycles. The van der Waals surface area contributed by atoms with Crippen molar-refractivity contribution in [3.8, 4) is 0 Å². The molecule has 0 saturated carbocycles. The van der Waals surface area contributed by atoms with E-state index in [-0.39, 0.29) is 0 Å². The zero-order valence-corrected chi connectivity index (χ0v) is 14.0. The number of thiophene rings is 1. The van der Waals surface area contributed by atoms with Gasteiger partial charge in [-0.05, 0) is 42.0 Å². The van der Waals surface area contributed by atoms with Gasteiger partial charge in [0.05, 0.1) is 5.00 Å². The lowest BCUT2D eigenvalue weighted by Crippen LogP contribution is -2.07. The highest BCUT2D eigenvalue weighted by Gasteiger charge is 2.12. The van der Waals surface area contributed by atoms with Crippen LogP contribution in [-0.2, 0) is 0 Å². The molecule has 0 unspecified atom stereocenters. The normalized spacial score (nSPS) is 14.0. The summed E-state index contributed by atoms with van der Waals surface area (Å²) in [5, 5.41) is 3.87. The average molecular weight is 317 g/mol. The summed E-state index contributed by atoms with van der Waals surface area (Å²) in [4.78, 5) is 3.69. The zero-order valence-electron chi connectivity index (χ0n) is 13.2. The summed E-state index contributed by atoms with van der Waals surface area (Å²) >= 11 is 1.87. The highest BCUT2D eigenvalue weighted by Crippen LogP contribution is 2.38. The predicted molar refractivity (Wildman–Crippen MR) is 103 cm³/mol. The van der Waals surface area contributed by atoms with E-state index in [1.165, 1.54) is 31.9 Å². The molecular formula is C21H19NS. The first-order valence-corrected chi connectivity index (χ1v) is 8.82. The number of rotatable bonds is 3. The van der Waals surface area contributed by atoms with E-state index in [9.17, 15) is 0 Å². The summed E-state index contributed by atoms with van der Waals surface area (Å²) in [6.07, 6.45) is 8.95. The van der Waals surface area contributed by atoms with Crippen molar-refractivity contribution in [2.24, 2.45) is 0 Å². The van der Waals surface area contributed by atoms with Crippen LogP contribution in [0.25, 0.3) is 16.3 Å². The third-order valence-electron chi connectivity index (χ3n) is 4.38. The van der Waals surface area contributed by atoms with Crippen LogP contribution in [0, 0.1) is 0 Å². The Kier molecular flexibility index (Phi) is 3.76. The fourth-order valence-electron chi connectivity index (χ4n) is 3.11. The van der Waals surface area contributed by atoms with Gasteiger partial charge in [0.15, 0.2) is 0 Å². The summed E-state index contributed by atoms with van der Waals surface area (Å²) in [7, 11) is 2.16. The van der Waals surface area contributed by atoms with Crippen molar-refractivity contribution in [2.75, 3.05) is 11.9 Å².